The van der Waals surface area contributed by atoms with E-state index in [0.717, 1.165) is 16.8 Å². The van der Waals surface area contributed by atoms with Gasteiger partial charge in [-0.05, 0) is 43.7 Å². The van der Waals surface area contributed by atoms with Crippen molar-refractivity contribution in [2.24, 2.45) is 17.8 Å². The molecular weight excluding hydrogens is 448 g/mol. The topological polar surface area (TPSA) is 107 Å². The molecule has 0 aromatic heterocycles. The Morgan fingerprint density at radius 1 is 1.34 bits per heavy atom. The maximum atomic E-state index is 14.5. The van der Waals surface area contributed by atoms with Crippen molar-refractivity contribution < 1.29 is 29.3 Å². The van der Waals surface area contributed by atoms with E-state index in [9.17, 15) is 24.6 Å². The second-order valence-electron chi connectivity index (χ2n) is 10.3. The number of benzene rings is 1. The Morgan fingerprint density at radius 2 is 2.00 bits per heavy atom. The third-order valence-electron chi connectivity index (χ3n) is 8.39. The zero-order valence-electron chi connectivity index (χ0n) is 20.9. The molecule has 0 radical (unpaired) electrons. The number of aliphatic hydroxyl groups excluding tert-OH is 1. The van der Waals surface area contributed by atoms with E-state index < -0.39 is 47.5 Å². The molecule has 1 aromatic rings. The number of hydrogen-bond donors (Lipinski definition) is 2. The number of carboxylic acids is 1. The van der Waals surface area contributed by atoms with Crippen LogP contribution in [0.25, 0.3) is 0 Å². The number of rotatable bonds is 9. The lowest BCUT2D eigenvalue weighted by atomic mass is 9.70. The standard InChI is InChI=1S/C27H36N2O6/c1-6-13-28(22-16(4)9-8-10-17(22)5)25(32)23-27-12-11-19(35-27)20(26(33)34)21(27)24(31)29(23)18(14-30)15(3)7-2/h6,8-10,15,18-21,23,30H,1,7,11-14H2,2-5H3,(H,33,34)/t15-,18-,19+,20-,21-,23?,27?/m0/s1. The van der Waals surface area contributed by atoms with E-state index in [-0.39, 0.29) is 25.0 Å². The number of para-hydroxylation sites is 1. The number of carbonyl (C=O) groups is 3. The van der Waals surface area contributed by atoms with Crippen LogP contribution in [0, 0.1) is 31.6 Å². The number of fused-ring (bicyclic) bond motifs is 1. The highest BCUT2D eigenvalue weighted by Gasteiger charge is 2.75. The van der Waals surface area contributed by atoms with Crippen molar-refractivity contribution in [2.75, 3.05) is 18.1 Å². The SMILES string of the molecule is C=CCN(C(=O)C1N([C@@H](CO)[C@@H](C)CC)C(=O)[C@@H]2[C@@H](C(=O)O)[C@H]3CCC12O3)c1c(C)cccc1C. The summed E-state index contributed by atoms with van der Waals surface area (Å²) in [6.45, 7) is 11.5. The van der Waals surface area contributed by atoms with Crippen LogP contribution in [0.4, 0.5) is 5.69 Å². The molecule has 8 nitrogen and oxygen atoms in total. The minimum absolute atomic E-state index is 0.0944. The fourth-order valence-corrected chi connectivity index (χ4v) is 6.62. The lowest BCUT2D eigenvalue weighted by Gasteiger charge is -2.41. The molecular formula is C27H36N2O6. The number of nitrogens with zero attached hydrogens (tertiary/aromatic N) is 2. The number of amides is 2. The van der Waals surface area contributed by atoms with Crippen LogP contribution in [0.5, 0.6) is 0 Å². The normalized spacial score (nSPS) is 30.8. The largest absolute Gasteiger partial charge is 0.481 e. The predicted molar refractivity (Wildman–Crippen MR) is 131 cm³/mol. The first-order chi connectivity index (χ1) is 16.6. The average Bonchev–Trinajstić information content (AvgIpc) is 3.46. The molecule has 3 aliphatic rings. The van der Waals surface area contributed by atoms with Crippen molar-refractivity contribution in [3.05, 3.63) is 42.0 Å². The van der Waals surface area contributed by atoms with Gasteiger partial charge in [0.2, 0.25) is 5.91 Å². The first-order valence-corrected chi connectivity index (χ1v) is 12.5. The number of anilines is 1. The van der Waals surface area contributed by atoms with Crippen LogP contribution in [0.2, 0.25) is 0 Å². The zero-order chi connectivity index (χ0) is 25.7. The van der Waals surface area contributed by atoms with Crippen molar-refractivity contribution in [1.29, 1.82) is 0 Å². The average molecular weight is 485 g/mol. The van der Waals surface area contributed by atoms with Crippen LogP contribution in [0.15, 0.2) is 30.9 Å². The van der Waals surface area contributed by atoms with Crippen molar-refractivity contribution in [1.82, 2.24) is 4.90 Å². The van der Waals surface area contributed by atoms with Gasteiger partial charge in [0.25, 0.3) is 5.91 Å². The molecule has 3 saturated heterocycles. The fourth-order valence-electron chi connectivity index (χ4n) is 6.62. The van der Waals surface area contributed by atoms with Gasteiger partial charge in [-0.2, -0.15) is 0 Å². The lowest BCUT2D eigenvalue weighted by Crippen LogP contribution is -2.60. The number of aliphatic carboxylic acids is 1. The van der Waals surface area contributed by atoms with Gasteiger partial charge in [0.15, 0.2) is 0 Å². The van der Waals surface area contributed by atoms with Crippen LogP contribution in [0.3, 0.4) is 0 Å². The van der Waals surface area contributed by atoms with Crippen molar-refractivity contribution in [3.63, 3.8) is 0 Å². The van der Waals surface area contributed by atoms with Crippen LogP contribution >= 0.6 is 0 Å². The van der Waals surface area contributed by atoms with Crippen molar-refractivity contribution in [2.45, 2.75) is 70.7 Å². The van der Waals surface area contributed by atoms with Gasteiger partial charge < -0.3 is 24.7 Å². The van der Waals surface area contributed by atoms with E-state index in [0.29, 0.717) is 19.3 Å². The van der Waals surface area contributed by atoms with Gasteiger partial charge in [0, 0.05) is 12.2 Å². The lowest BCUT2D eigenvalue weighted by molar-refractivity contribution is -0.151. The summed E-state index contributed by atoms with van der Waals surface area (Å²) in [5, 5.41) is 20.4. The Hall–Kier alpha value is -2.71. The van der Waals surface area contributed by atoms with E-state index in [1.54, 1.807) is 11.0 Å². The third-order valence-corrected chi connectivity index (χ3v) is 8.39. The zero-order valence-corrected chi connectivity index (χ0v) is 20.9. The third kappa shape index (κ3) is 3.69. The molecule has 35 heavy (non-hydrogen) atoms. The van der Waals surface area contributed by atoms with Crippen LogP contribution in [-0.2, 0) is 19.1 Å². The number of carbonyl (C=O) groups excluding carboxylic acids is 2. The summed E-state index contributed by atoms with van der Waals surface area (Å²) in [4.78, 5) is 43.8. The Balaban J connectivity index is 1.88. The van der Waals surface area contributed by atoms with Crippen LogP contribution in [-0.4, -0.2) is 69.8 Å². The Morgan fingerprint density at radius 3 is 2.54 bits per heavy atom. The summed E-state index contributed by atoms with van der Waals surface area (Å²) < 4.78 is 6.33. The number of carboxylic acid groups (broad SMARTS) is 1. The van der Waals surface area contributed by atoms with Gasteiger partial charge in [0.05, 0.1) is 30.6 Å². The molecule has 0 aliphatic carbocycles. The molecule has 2 unspecified atom stereocenters. The first kappa shape index (κ1) is 25.4. The monoisotopic (exact) mass is 484 g/mol. The number of hydrogen-bond acceptors (Lipinski definition) is 5. The van der Waals surface area contributed by atoms with Gasteiger partial charge in [0.1, 0.15) is 11.6 Å². The number of ether oxygens (including phenoxy) is 1. The Bertz CT molecular complexity index is 1020. The second kappa shape index (κ2) is 9.39. The summed E-state index contributed by atoms with van der Waals surface area (Å²) >= 11 is 0. The maximum absolute atomic E-state index is 14.5. The van der Waals surface area contributed by atoms with Gasteiger partial charge >= 0.3 is 5.97 Å². The van der Waals surface area contributed by atoms with Crippen molar-refractivity contribution in [3.8, 4) is 0 Å². The molecule has 2 bridgehead atoms. The van der Waals surface area contributed by atoms with E-state index in [2.05, 4.69) is 6.58 Å². The Kier molecular flexibility index (Phi) is 6.81. The van der Waals surface area contributed by atoms with E-state index in [4.69, 9.17) is 4.74 Å². The summed E-state index contributed by atoms with van der Waals surface area (Å²) in [6.07, 6.45) is 2.65. The summed E-state index contributed by atoms with van der Waals surface area (Å²) in [5.74, 6) is -3.85. The van der Waals surface area contributed by atoms with Crippen LogP contribution < -0.4 is 4.90 Å². The fraction of sp³-hybridized carbons (Fsp3) is 0.593. The molecule has 0 saturated carbocycles. The maximum Gasteiger partial charge on any atom is 0.310 e. The summed E-state index contributed by atoms with van der Waals surface area (Å²) in [7, 11) is 0. The quantitative estimate of drug-likeness (QED) is 0.522. The van der Waals surface area contributed by atoms with Gasteiger partial charge in [-0.3, -0.25) is 14.4 Å². The molecule has 2 amide bonds. The number of likely N-dealkylation sites (tertiary alicyclic amines) is 1. The van der Waals surface area contributed by atoms with Crippen LogP contribution in [0.1, 0.15) is 44.2 Å². The van der Waals surface area contributed by atoms with Crippen molar-refractivity contribution >= 4 is 23.5 Å². The minimum Gasteiger partial charge on any atom is -0.481 e. The number of aliphatic hydroxyl groups is 1. The highest BCUT2D eigenvalue weighted by Crippen LogP contribution is 2.59. The van der Waals surface area contributed by atoms with Gasteiger partial charge in [-0.15, -0.1) is 6.58 Å². The van der Waals surface area contributed by atoms with Gasteiger partial charge in [-0.25, -0.2) is 0 Å². The van der Waals surface area contributed by atoms with E-state index in [1.807, 2.05) is 45.9 Å². The summed E-state index contributed by atoms with van der Waals surface area (Å²) in [5.41, 5.74) is 1.34. The van der Waals surface area contributed by atoms with Gasteiger partial charge in [-0.1, -0.05) is 44.5 Å². The number of aryl methyl sites for hydroxylation is 2. The molecule has 8 heteroatoms. The first-order valence-electron chi connectivity index (χ1n) is 12.5. The highest BCUT2D eigenvalue weighted by molar-refractivity contribution is 6.05. The Labute approximate surface area is 206 Å². The molecule has 7 atom stereocenters. The minimum atomic E-state index is -1.22. The molecule has 1 spiro atoms. The molecule has 3 fully saturated rings. The smallest absolute Gasteiger partial charge is 0.310 e. The molecule has 190 valence electrons. The van der Waals surface area contributed by atoms with E-state index >= 15 is 0 Å². The summed E-state index contributed by atoms with van der Waals surface area (Å²) in [6, 6.07) is 4.13. The second-order valence-corrected chi connectivity index (χ2v) is 10.3. The molecule has 1 aromatic carbocycles. The molecule has 3 heterocycles. The molecule has 2 N–H and O–H groups in total. The molecule has 4 rings (SSSR count). The molecule has 3 aliphatic heterocycles. The highest BCUT2D eigenvalue weighted by atomic mass is 16.5. The van der Waals surface area contributed by atoms with E-state index in [1.165, 1.54) is 4.90 Å². The predicted octanol–water partition coefficient (Wildman–Crippen LogP) is 2.69.